The molecule has 3 atom stereocenters. The highest BCUT2D eigenvalue weighted by atomic mass is 15.1. The van der Waals surface area contributed by atoms with E-state index in [0.717, 1.165) is 11.1 Å². The predicted molar refractivity (Wildman–Crippen MR) is 94.3 cm³/mol. The fourth-order valence-electron chi connectivity index (χ4n) is 4.29. The Kier molecular flexibility index (Phi) is 4.85. The van der Waals surface area contributed by atoms with Gasteiger partial charge in [-0.05, 0) is 44.2 Å². The van der Waals surface area contributed by atoms with Crippen LogP contribution in [0.3, 0.4) is 0 Å². The number of aromatic amines is 1. The molecule has 5 nitrogen and oxygen atoms in total. The van der Waals surface area contributed by atoms with Gasteiger partial charge in [-0.2, -0.15) is 0 Å². The van der Waals surface area contributed by atoms with Crippen LogP contribution >= 0.6 is 0 Å². The lowest BCUT2D eigenvalue weighted by Gasteiger charge is -2.38. The maximum absolute atomic E-state index is 4.51. The minimum Gasteiger partial charge on any atom is -0.345 e. The molecule has 2 heterocycles. The minimum absolute atomic E-state index is 0.450. The molecule has 0 spiro atoms. The van der Waals surface area contributed by atoms with Crippen molar-refractivity contribution in [3.63, 3.8) is 0 Å². The zero-order chi connectivity index (χ0) is 16.4. The molecule has 0 radical (unpaired) electrons. The number of hydrogen-bond acceptors (Lipinski definition) is 3. The molecular formula is C18H29N5. The van der Waals surface area contributed by atoms with Crippen LogP contribution in [0.25, 0.3) is 11.2 Å². The molecular weight excluding hydrogens is 286 g/mol. The van der Waals surface area contributed by atoms with Crippen molar-refractivity contribution in [3.8, 4) is 0 Å². The number of H-pyrrole nitrogens is 1. The second-order valence-electron chi connectivity index (χ2n) is 7.07. The Bertz CT molecular complexity index is 712. The molecule has 2 unspecified atom stereocenters. The number of hydrogen-bond donors (Lipinski definition) is 2. The molecule has 1 aliphatic rings. The minimum atomic E-state index is 0.450. The predicted octanol–water partition coefficient (Wildman–Crippen LogP) is 2.87. The summed E-state index contributed by atoms with van der Waals surface area (Å²) >= 11 is 0. The quantitative estimate of drug-likeness (QED) is 0.911. The molecule has 1 saturated carbocycles. The van der Waals surface area contributed by atoms with Gasteiger partial charge < -0.3 is 14.9 Å². The Morgan fingerprint density at radius 3 is 2.91 bits per heavy atom. The van der Waals surface area contributed by atoms with Crippen LogP contribution in [-0.4, -0.2) is 34.7 Å². The van der Waals surface area contributed by atoms with Crippen molar-refractivity contribution in [2.45, 2.75) is 51.6 Å². The van der Waals surface area contributed by atoms with Gasteiger partial charge >= 0.3 is 0 Å². The highest BCUT2D eigenvalue weighted by molar-refractivity contribution is 5.70. The van der Waals surface area contributed by atoms with Gasteiger partial charge in [0.2, 0.25) is 0 Å². The zero-order valence-electron chi connectivity index (χ0n) is 14.7. The van der Waals surface area contributed by atoms with Crippen LogP contribution in [0.1, 0.15) is 45.6 Å². The van der Waals surface area contributed by atoms with E-state index < -0.39 is 0 Å². The molecule has 0 aromatic carbocycles. The van der Waals surface area contributed by atoms with Crippen molar-refractivity contribution in [3.05, 3.63) is 23.9 Å². The average Bonchev–Trinajstić information content (AvgIpc) is 3.04. The summed E-state index contributed by atoms with van der Waals surface area (Å²) < 4.78 is 2.42. The lowest BCUT2D eigenvalue weighted by atomic mass is 9.77. The largest absolute Gasteiger partial charge is 0.345 e. The SMILES string of the molecule is CN=c1cnc2[nH]ccc2n1C(C(C)C)[C@H]1CCCC(NC)C1. The van der Waals surface area contributed by atoms with Crippen molar-refractivity contribution in [2.75, 3.05) is 14.1 Å². The lowest BCUT2D eigenvalue weighted by molar-refractivity contribution is 0.177. The Morgan fingerprint density at radius 2 is 2.22 bits per heavy atom. The van der Waals surface area contributed by atoms with Crippen LogP contribution in [0.4, 0.5) is 0 Å². The number of rotatable bonds is 4. The summed E-state index contributed by atoms with van der Waals surface area (Å²) in [5, 5.41) is 3.49. The smallest absolute Gasteiger partial charge is 0.154 e. The van der Waals surface area contributed by atoms with Crippen LogP contribution in [0.2, 0.25) is 0 Å². The fourth-order valence-corrected chi connectivity index (χ4v) is 4.29. The molecule has 126 valence electrons. The van der Waals surface area contributed by atoms with Crippen molar-refractivity contribution < 1.29 is 0 Å². The number of fused-ring (bicyclic) bond motifs is 1. The molecule has 2 N–H and O–H groups in total. The monoisotopic (exact) mass is 315 g/mol. The summed E-state index contributed by atoms with van der Waals surface area (Å²) in [6.45, 7) is 4.66. The molecule has 23 heavy (non-hydrogen) atoms. The maximum Gasteiger partial charge on any atom is 0.154 e. The Hall–Kier alpha value is -1.62. The van der Waals surface area contributed by atoms with Crippen LogP contribution in [-0.2, 0) is 0 Å². The first-order chi connectivity index (χ1) is 11.2. The van der Waals surface area contributed by atoms with E-state index in [2.05, 4.69) is 51.8 Å². The Balaban J connectivity index is 2.10. The van der Waals surface area contributed by atoms with Gasteiger partial charge in [0.1, 0.15) is 5.49 Å². The first-order valence-electron chi connectivity index (χ1n) is 8.80. The van der Waals surface area contributed by atoms with Crippen molar-refractivity contribution >= 4 is 11.2 Å². The molecule has 0 bridgehead atoms. The molecule has 0 aliphatic heterocycles. The van der Waals surface area contributed by atoms with E-state index in [1.807, 2.05) is 19.4 Å². The average molecular weight is 315 g/mol. The van der Waals surface area contributed by atoms with Gasteiger partial charge in [-0.25, -0.2) is 4.98 Å². The first-order valence-corrected chi connectivity index (χ1v) is 8.80. The van der Waals surface area contributed by atoms with Crippen LogP contribution in [0.15, 0.2) is 23.5 Å². The van der Waals surface area contributed by atoms with Crippen molar-refractivity contribution in [1.29, 1.82) is 0 Å². The van der Waals surface area contributed by atoms with E-state index in [-0.39, 0.29) is 0 Å². The highest BCUT2D eigenvalue weighted by Crippen LogP contribution is 2.37. The first kappa shape index (κ1) is 16.2. The van der Waals surface area contributed by atoms with Gasteiger partial charge in [-0.15, -0.1) is 0 Å². The molecule has 2 aromatic rings. The Labute approximate surface area is 138 Å². The van der Waals surface area contributed by atoms with Gasteiger partial charge in [0.25, 0.3) is 0 Å². The third-order valence-electron chi connectivity index (χ3n) is 5.34. The van der Waals surface area contributed by atoms with Gasteiger partial charge in [0.15, 0.2) is 5.65 Å². The Morgan fingerprint density at radius 1 is 1.39 bits per heavy atom. The summed E-state index contributed by atoms with van der Waals surface area (Å²) in [4.78, 5) is 12.3. The normalized spacial score (nSPS) is 24.5. The third kappa shape index (κ3) is 3.07. The molecule has 5 heteroatoms. The molecule has 1 aliphatic carbocycles. The number of aromatic nitrogens is 3. The molecule has 3 rings (SSSR count). The van der Waals surface area contributed by atoms with Crippen molar-refractivity contribution in [2.24, 2.45) is 16.8 Å². The summed E-state index contributed by atoms with van der Waals surface area (Å²) in [5.41, 5.74) is 3.09. The molecule has 0 saturated heterocycles. The highest BCUT2D eigenvalue weighted by Gasteiger charge is 2.32. The fraction of sp³-hybridized carbons (Fsp3) is 0.667. The number of nitrogens with one attached hydrogen (secondary N) is 2. The molecule has 0 amide bonds. The zero-order valence-corrected chi connectivity index (χ0v) is 14.7. The van der Waals surface area contributed by atoms with Crippen LogP contribution < -0.4 is 10.8 Å². The molecule has 1 fully saturated rings. The van der Waals surface area contributed by atoms with Crippen molar-refractivity contribution in [1.82, 2.24) is 19.9 Å². The van der Waals surface area contributed by atoms with E-state index in [9.17, 15) is 0 Å². The number of nitrogens with zero attached hydrogens (tertiary/aromatic N) is 3. The van der Waals surface area contributed by atoms with Gasteiger partial charge in [-0.3, -0.25) is 4.99 Å². The van der Waals surface area contributed by atoms with Crippen LogP contribution in [0.5, 0.6) is 0 Å². The summed E-state index contributed by atoms with van der Waals surface area (Å²) in [5.74, 6) is 1.23. The van der Waals surface area contributed by atoms with Crippen LogP contribution in [0, 0.1) is 11.8 Å². The summed E-state index contributed by atoms with van der Waals surface area (Å²) in [6, 6.07) is 3.22. The topological polar surface area (TPSA) is 58.0 Å². The standard InChI is InChI=1S/C18H29N5/c1-12(2)17(13-6-5-7-14(10-13)19-3)23-15-8-9-21-18(15)22-11-16(23)20-4/h8-9,11-14,17,19,21H,5-7,10H2,1-4H3/t13-,14?,17?/m0/s1. The second kappa shape index (κ2) is 6.87. The van der Waals surface area contributed by atoms with Gasteiger partial charge in [-0.1, -0.05) is 20.3 Å². The third-order valence-corrected chi connectivity index (χ3v) is 5.34. The summed E-state index contributed by atoms with van der Waals surface area (Å²) in [6.07, 6.45) is 9.01. The van der Waals surface area contributed by atoms with Gasteiger partial charge in [0, 0.05) is 25.3 Å². The second-order valence-corrected chi connectivity index (χ2v) is 7.07. The van der Waals surface area contributed by atoms with E-state index in [0.29, 0.717) is 23.9 Å². The molecule has 2 aromatic heterocycles. The van der Waals surface area contributed by atoms with E-state index in [1.165, 1.54) is 31.2 Å². The maximum atomic E-state index is 4.51. The van der Waals surface area contributed by atoms with E-state index in [1.54, 1.807) is 0 Å². The lowest BCUT2D eigenvalue weighted by Crippen LogP contribution is -2.39. The van der Waals surface area contributed by atoms with Gasteiger partial charge in [0.05, 0.1) is 11.7 Å². The van der Waals surface area contributed by atoms with E-state index >= 15 is 0 Å². The van der Waals surface area contributed by atoms with E-state index in [4.69, 9.17) is 0 Å². The summed E-state index contributed by atoms with van der Waals surface area (Å²) in [7, 11) is 3.95.